The number of hydrogen-bond acceptors (Lipinski definition) is 2. The van der Waals surface area contributed by atoms with E-state index >= 15 is 0 Å². The minimum absolute atomic E-state index is 0.116. The molecule has 2 N–H and O–H groups in total. The Labute approximate surface area is 112 Å². The molecule has 6 heteroatoms. The van der Waals surface area contributed by atoms with Crippen molar-refractivity contribution in [1.82, 2.24) is 4.90 Å². The number of thiocarbonyl (C=S) groups is 1. The lowest BCUT2D eigenvalue weighted by Crippen LogP contribution is -2.51. The summed E-state index contributed by atoms with van der Waals surface area (Å²) in [7, 11) is 0. The van der Waals surface area contributed by atoms with Crippen LogP contribution in [0.25, 0.3) is 0 Å². The molecule has 4 unspecified atom stereocenters. The molecule has 0 radical (unpaired) electrons. The van der Waals surface area contributed by atoms with E-state index in [-0.39, 0.29) is 12.6 Å². The third kappa shape index (κ3) is 3.82. The Hall–Kier alpha value is -0.360. The fraction of sp³-hybridized carbons (Fsp3) is 0.917. The van der Waals surface area contributed by atoms with E-state index in [0.717, 1.165) is 6.42 Å². The van der Waals surface area contributed by atoms with E-state index in [4.69, 9.17) is 5.73 Å². The van der Waals surface area contributed by atoms with Crippen LogP contribution in [0.3, 0.4) is 0 Å². The fourth-order valence-electron chi connectivity index (χ4n) is 2.66. The lowest BCUT2D eigenvalue weighted by molar-refractivity contribution is -0.162. The van der Waals surface area contributed by atoms with E-state index < -0.39 is 17.1 Å². The summed E-state index contributed by atoms with van der Waals surface area (Å²) in [6.45, 7) is 6.69. The predicted octanol–water partition coefficient (Wildman–Crippen LogP) is 2.82. The molecule has 0 aromatic heterocycles. The Morgan fingerprint density at radius 3 is 2.39 bits per heavy atom. The lowest BCUT2D eigenvalue weighted by Gasteiger charge is -2.42. The molecule has 2 nitrogen and oxygen atoms in total. The van der Waals surface area contributed by atoms with Gasteiger partial charge in [0.2, 0.25) is 0 Å². The first-order chi connectivity index (χ1) is 8.12. The van der Waals surface area contributed by atoms with Crippen LogP contribution < -0.4 is 5.73 Å². The molecule has 0 amide bonds. The van der Waals surface area contributed by atoms with Crippen LogP contribution in [0.2, 0.25) is 0 Å². The molecule has 1 aliphatic rings. The van der Waals surface area contributed by atoms with E-state index in [0.29, 0.717) is 18.4 Å². The molecule has 1 heterocycles. The average Bonchev–Trinajstić information content (AvgIpc) is 2.18. The van der Waals surface area contributed by atoms with Gasteiger partial charge in [0.1, 0.15) is 5.92 Å². The van der Waals surface area contributed by atoms with E-state index in [1.165, 1.54) is 0 Å². The topological polar surface area (TPSA) is 29.3 Å². The average molecular weight is 282 g/mol. The summed E-state index contributed by atoms with van der Waals surface area (Å²) in [4.78, 5) is 1.41. The summed E-state index contributed by atoms with van der Waals surface area (Å²) in [6.07, 6.45) is -3.29. The van der Waals surface area contributed by atoms with E-state index in [9.17, 15) is 13.2 Å². The normalized spacial score (nSPS) is 32.2. The van der Waals surface area contributed by atoms with Crippen molar-refractivity contribution in [1.29, 1.82) is 0 Å². The summed E-state index contributed by atoms with van der Waals surface area (Å²) in [6, 6.07) is 0.139. The van der Waals surface area contributed by atoms with Crippen LogP contribution in [0, 0.1) is 17.8 Å². The molecule has 1 saturated heterocycles. The Morgan fingerprint density at radius 1 is 1.39 bits per heavy atom. The number of alkyl halides is 3. The number of hydrogen-bond donors (Lipinski definition) is 1. The zero-order valence-corrected chi connectivity index (χ0v) is 11.8. The molecular formula is C12H21F3N2S. The Bertz CT molecular complexity index is 306. The van der Waals surface area contributed by atoms with Crippen molar-refractivity contribution in [2.24, 2.45) is 23.5 Å². The summed E-state index contributed by atoms with van der Waals surface area (Å²) in [5.74, 6) is -0.891. The van der Waals surface area contributed by atoms with Gasteiger partial charge in [0.15, 0.2) is 0 Å². The van der Waals surface area contributed by atoms with Gasteiger partial charge in [0, 0.05) is 19.1 Å². The fourth-order valence-corrected chi connectivity index (χ4v) is 2.87. The second kappa shape index (κ2) is 5.74. The minimum atomic E-state index is -4.35. The summed E-state index contributed by atoms with van der Waals surface area (Å²) >= 11 is 4.56. The van der Waals surface area contributed by atoms with Gasteiger partial charge in [0.25, 0.3) is 0 Å². The SMILES string of the molecule is CC1CC(C)C(C)N(CC(C(N)=S)C(F)(F)F)C1. The van der Waals surface area contributed by atoms with Gasteiger partial charge < -0.3 is 5.73 Å². The number of nitrogens with two attached hydrogens (primary N) is 1. The maximum absolute atomic E-state index is 12.9. The predicted molar refractivity (Wildman–Crippen MR) is 70.3 cm³/mol. The van der Waals surface area contributed by atoms with Crippen LogP contribution in [0.15, 0.2) is 0 Å². The standard InChI is InChI=1S/C12H21F3N2S/c1-7-4-8(2)9(3)17(5-7)6-10(11(16)18)12(13,14)15/h7-10H,4-6H2,1-3H3,(H2,16,18). The van der Waals surface area contributed by atoms with Gasteiger partial charge in [-0.25, -0.2) is 0 Å². The Kier molecular flexibility index (Phi) is 5.00. The lowest BCUT2D eigenvalue weighted by atomic mass is 9.85. The summed E-state index contributed by atoms with van der Waals surface area (Å²) in [5.41, 5.74) is 5.24. The molecule has 1 fully saturated rings. The molecule has 4 atom stereocenters. The Balaban J connectivity index is 2.77. The smallest absolute Gasteiger partial charge is 0.393 e. The van der Waals surface area contributed by atoms with Gasteiger partial charge >= 0.3 is 6.18 Å². The van der Waals surface area contributed by atoms with Gasteiger partial charge in [0.05, 0.1) is 4.99 Å². The number of halogens is 3. The zero-order chi connectivity index (χ0) is 14.1. The summed E-state index contributed by atoms with van der Waals surface area (Å²) in [5, 5.41) is 0. The largest absolute Gasteiger partial charge is 0.399 e. The van der Waals surface area contributed by atoms with E-state index in [2.05, 4.69) is 26.1 Å². The molecule has 106 valence electrons. The van der Waals surface area contributed by atoms with Crippen LogP contribution in [0.4, 0.5) is 13.2 Å². The van der Waals surface area contributed by atoms with Crippen molar-refractivity contribution in [3.8, 4) is 0 Å². The molecule has 18 heavy (non-hydrogen) atoms. The molecule has 0 aromatic rings. The Morgan fingerprint density at radius 2 is 1.94 bits per heavy atom. The maximum Gasteiger partial charge on any atom is 0.399 e. The molecule has 0 aromatic carbocycles. The third-order valence-corrected chi connectivity index (χ3v) is 4.16. The van der Waals surface area contributed by atoms with Crippen LogP contribution in [-0.4, -0.2) is 35.2 Å². The van der Waals surface area contributed by atoms with Crippen molar-refractivity contribution >= 4 is 17.2 Å². The monoisotopic (exact) mass is 282 g/mol. The number of rotatable bonds is 3. The third-order valence-electron chi connectivity index (χ3n) is 3.88. The highest BCUT2D eigenvalue weighted by molar-refractivity contribution is 7.80. The zero-order valence-electron chi connectivity index (χ0n) is 11.0. The number of nitrogens with zero attached hydrogens (tertiary/aromatic N) is 1. The molecular weight excluding hydrogens is 261 g/mol. The van der Waals surface area contributed by atoms with Gasteiger partial charge in [-0.2, -0.15) is 13.2 Å². The second-order valence-corrected chi connectivity index (χ2v) is 5.98. The van der Waals surface area contributed by atoms with Gasteiger partial charge in [-0.15, -0.1) is 0 Å². The highest BCUT2D eigenvalue weighted by Gasteiger charge is 2.44. The molecule has 0 bridgehead atoms. The van der Waals surface area contributed by atoms with Crippen LogP contribution >= 0.6 is 12.2 Å². The molecule has 0 aliphatic carbocycles. The first-order valence-electron chi connectivity index (χ1n) is 6.23. The molecule has 0 saturated carbocycles. The first-order valence-corrected chi connectivity index (χ1v) is 6.63. The highest BCUT2D eigenvalue weighted by atomic mass is 32.1. The summed E-state index contributed by atoms with van der Waals surface area (Å²) < 4.78 is 38.6. The molecule has 0 spiro atoms. The van der Waals surface area contributed by atoms with Crippen LogP contribution in [0.1, 0.15) is 27.2 Å². The van der Waals surface area contributed by atoms with Crippen molar-refractivity contribution < 1.29 is 13.2 Å². The molecule has 1 rings (SSSR count). The van der Waals surface area contributed by atoms with Crippen LogP contribution in [-0.2, 0) is 0 Å². The van der Waals surface area contributed by atoms with E-state index in [1.54, 1.807) is 0 Å². The quantitative estimate of drug-likeness (QED) is 0.807. The van der Waals surface area contributed by atoms with Gasteiger partial charge in [-0.05, 0) is 25.2 Å². The van der Waals surface area contributed by atoms with Crippen molar-refractivity contribution in [2.45, 2.75) is 39.4 Å². The minimum Gasteiger partial charge on any atom is -0.393 e. The first kappa shape index (κ1) is 15.7. The van der Waals surface area contributed by atoms with Crippen molar-refractivity contribution in [2.75, 3.05) is 13.1 Å². The molecule has 1 aliphatic heterocycles. The van der Waals surface area contributed by atoms with E-state index in [1.807, 2.05) is 11.8 Å². The van der Waals surface area contributed by atoms with Gasteiger partial charge in [-0.3, -0.25) is 4.90 Å². The maximum atomic E-state index is 12.9. The highest BCUT2D eigenvalue weighted by Crippen LogP contribution is 2.32. The van der Waals surface area contributed by atoms with Crippen LogP contribution in [0.5, 0.6) is 0 Å². The van der Waals surface area contributed by atoms with Crippen molar-refractivity contribution in [3.63, 3.8) is 0 Å². The second-order valence-electron chi connectivity index (χ2n) is 5.51. The van der Waals surface area contributed by atoms with Crippen molar-refractivity contribution in [3.05, 3.63) is 0 Å². The number of piperidine rings is 1. The number of likely N-dealkylation sites (tertiary alicyclic amines) is 1. The van der Waals surface area contributed by atoms with Gasteiger partial charge in [-0.1, -0.05) is 26.1 Å².